The van der Waals surface area contributed by atoms with Gasteiger partial charge in [0.15, 0.2) is 0 Å². The summed E-state index contributed by atoms with van der Waals surface area (Å²) in [5.74, 6) is -0.585. The van der Waals surface area contributed by atoms with E-state index in [-0.39, 0.29) is 36.7 Å². The Hall–Kier alpha value is -1.93. The van der Waals surface area contributed by atoms with Crippen LogP contribution >= 0.6 is 0 Å². The minimum absolute atomic E-state index is 0.0382. The van der Waals surface area contributed by atoms with Gasteiger partial charge in [0.25, 0.3) is 0 Å². The molecule has 0 atom stereocenters. The summed E-state index contributed by atoms with van der Waals surface area (Å²) in [5, 5.41) is 0. The summed E-state index contributed by atoms with van der Waals surface area (Å²) in [7, 11) is -2.28. The quantitative estimate of drug-likeness (QED) is 0.727. The van der Waals surface area contributed by atoms with Crippen molar-refractivity contribution in [2.45, 2.75) is 31.6 Å². The van der Waals surface area contributed by atoms with E-state index < -0.39 is 16.0 Å². The molecule has 0 saturated carbocycles. The minimum atomic E-state index is -3.56. The number of ether oxygens (including phenoxy) is 1. The molecule has 1 fully saturated rings. The summed E-state index contributed by atoms with van der Waals surface area (Å²) in [6.45, 7) is 4.96. The van der Waals surface area contributed by atoms with E-state index in [4.69, 9.17) is 0 Å². The lowest BCUT2D eigenvalue weighted by molar-refractivity contribution is -0.143. The van der Waals surface area contributed by atoms with Gasteiger partial charge in [0.05, 0.1) is 18.4 Å². The fourth-order valence-corrected chi connectivity index (χ4v) is 4.18. The van der Waals surface area contributed by atoms with E-state index in [2.05, 4.69) is 4.74 Å². The number of methoxy groups -OCH3 is 1. The van der Waals surface area contributed by atoms with Crippen LogP contribution < -0.4 is 0 Å². The SMILES string of the molecule is COC(=O)CCC(=O)N1CCN(S(=O)(=O)c2ccc(C)c(C)c2)CC1. The molecule has 1 aromatic carbocycles. The molecule has 0 bridgehead atoms. The molecule has 1 amide bonds. The number of rotatable bonds is 5. The van der Waals surface area contributed by atoms with Gasteiger partial charge in [-0.05, 0) is 37.1 Å². The number of carbonyl (C=O) groups is 2. The second-order valence-corrected chi connectivity index (χ2v) is 8.05. The molecule has 1 heterocycles. The average molecular weight is 368 g/mol. The maximum absolute atomic E-state index is 12.7. The predicted molar refractivity (Wildman–Crippen MR) is 92.5 cm³/mol. The van der Waals surface area contributed by atoms with Crippen LogP contribution in [-0.2, 0) is 24.3 Å². The van der Waals surface area contributed by atoms with Crippen LogP contribution in [-0.4, -0.2) is 62.8 Å². The van der Waals surface area contributed by atoms with Crippen LogP contribution in [0.5, 0.6) is 0 Å². The van der Waals surface area contributed by atoms with Crippen LogP contribution in [0, 0.1) is 13.8 Å². The van der Waals surface area contributed by atoms with Gasteiger partial charge in [0.1, 0.15) is 0 Å². The number of benzene rings is 1. The van der Waals surface area contributed by atoms with Crippen LogP contribution in [0.1, 0.15) is 24.0 Å². The lowest BCUT2D eigenvalue weighted by Gasteiger charge is -2.34. The van der Waals surface area contributed by atoms with Crippen molar-refractivity contribution in [2.24, 2.45) is 0 Å². The number of aryl methyl sites for hydroxylation is 2. The molecule has 0 N–H and O–H groups in total. The Labute approximate surface area is 148 Å². The molecule has 1 aliphatic rings. The van der Waals surface area contributed by atoms with Gasteiger partial charge in [-0.15, -0.1) is 0 Å². The third-order valence-corrected chi connectivity index (χ3v) is 6.37. The Bertz CT molecular complexity index is 752. The van der Waals surface area contributed by atoms with Gasteiger partial charge >= 0.3 is 5.97 Å². The summed E-state index contributed by atoms with van der Waals surface area (Å²) in [5.41, 5.74) is 1.97. The molecule has 0 spiro atoms. The number of carbonyl (C=O) groups excluding carboxylic acids is 2. The monoisotopic (exact) mass is 368 g/mol. The fourth-order valence-electron chi connectivity index (χ4n) is 2.67. The van der Waals surface area contributed by atoms with Gasteiger partial charge in [0, 0.05) is 32.6 Å². The molecule has 8 heteroatoms. The first-order valence-corrected chi connectivity index (χ1v) is 9.61. The van der Waals surface area contributed by atoms with Gasteiger partial charge < -0.3 is 9.64 Å². The van der Waals surface area contributed by atoms with Gasteiger partial charge in [-0.1, -0.05) is 6.07 Å². The van der Waals surface area contributed by atoms with Gasteiger partial charge in [-0.25, -0.2) is 8.42 Å². The highest BCUT2D eigenvalue weighted by Gasteiger charge is 2.30. The number of nitrogens with zero attached hydrogens (tertiary/aromatic N) is 2. The summed E-state index contributed by atoms with van der Waals surface area (Å²) in [4.78, 5) is 25.1. The van der Waals surface area contributed by atoms with E-state index in [0.29, 0.717) is 13.1 Å². The highest BCUT2D eigenvalue weighted by Crippen LogP contribution is 2.20. The molecule has 1 aromatic rings. The smallest absolute Gasteiger partial charge is 0.306 e. The fraction of sp³-hybridized carbons (Fsp3) is 0.529. The van der Waals surface area contributed by atoms with Crippen molar-refractivity contribution < 1.29 is 22.7 Å². The van der Waals surface area contributed by atoms with E-state index in [0.717, 1.165) is 11.1 Å². The van der Waals surface area contributed by atoms with E-state index in [1.54, 1.807) is 23.1 Å². The second-order valence-electron chi connectivity index (χ2n) is 6.11. The molecule has 138 valence electrons. The Kier molecular flexibility index (Phi) is 6.18. The van der Waals surface area contributed by atoms with Crippen molar-refractivity contribution in [3.8, 4) is 0 Å². The number of piperazine rings is 1. The van der Waals surface area contributed by atoms with E-state index in [9.17, 15) is 18.0 Å². The van der Waals surface area contributed by atoms with E-state index in [1.807, 2.05) is 13.8 Å². The van der Waals surface area contributed by atoms with E-state index in [1.165, 1.54) is 11.4 Å². The maximum atomic E-state index is 12.7. The molecule has 0 unspecified atom stereocenters. The lowest BCUT2D eigenvalue weighted by atomic mass is 10.1. The normalized spacial score (nSPS) is 15.9. The van der Waals surface area contributed by atoms with Crippen molar-refractivity contribution in [3.05, 3.63) is 29.3 Å². The molecule has 0 radical (unpaired) electrons. The molecule has 1 saturated heterocycles. The third-order valence-electron chi connectivity index (χ3n) is 4.48. The first kappa shape index (κ1) is 19.4. The van der Waals surface area contributed by atoms with Crippen LogP contribution in [0.15, 0.2) is 23.1 Å². The topological polar surface area (TPSA) is 84.0 Å². The molecule has 1 aliphatic heterocycles. The zero-order valence-electron chi connectivity index (χ0n) is 14.8. The van der Waals surface area contributed by atoms with Crippen molar-refractivity contribution in [1.29, 1.82) is 0 Å². The maximum Gasteiger partial charge on any atom is 0.306 e. The number of amides is 1. The summed E-state index contributed by atoms with van der Waals surface area (Å²) in [6.07, 6.45) is 0.118. The van der Waals surface area contributed by atoms with Crippen molar-refractivity contribution in [1.82, 2.24) is 9.21 Å². The van der Waals surface area contributed by atoms with Crippen molar-refractivity contribution in [3.63, 3.8) is 0 Å². The molecular formula is C17H24N2O5S. The van der Waals surface area contributed by atoms with Crippen LogP contribution in [0.4, 0.5) is 0 Å². The molecule has 0 aliphatic carbocycles. The number of esters is 1. The van der Waals surface area contributed by atoms with Crippen molar-refractivity contribution in [2.75, 3.05) is 33.3 Å². The van der Waals surface area contributed by atoms with Crippen LogP contribution in [0.3, 0.4) is 0 Å². The zero-order chi connectivity index (χ0) is 18.6. The second kappa shape index (κ2) is 7.97. The number of sulfonamides is 1. The zero-order valence-corrected chi connectivity index (χ0v) is 15.6. The summed E-state index contributed by atoms with van der Waals surface area (Å²) < 4.78 is 31.4. The largest absolute Gasteiger partial charge is 0.469 e. The minimum Gasteiger partial charge on any atom is -0.469 e. The highest BCUT2D eigenvalue weighted by molar-refractivity contribution is 7.89. The Morgan fingerprint density at radius 2 is 1.68 bits per heavy atom. The first-order chi connectivity index (χ1) is 11.8. The lowest BCUT2D eigenvalue weighted by Crippen LogP contribution is -2.50. The first-order valence-electron chi connectivity index (χ1n) is 8.17. The van der Waals surface area contributed by atoms with E-state index >= 15 is 0 Å². The standard InChI is InChI=1S/C17H24N2O5S/c1-13-4-5-15(12-14(13)2)25(22,23)19-10-8-18(9-11-19)16(20)6-7-17(21)24-3/h4-5,12H,6-11H2,1-3H3. The van der Waals surface area contributed by atoms with Gasteiger partial charge in [-0.3, -0.25) is 9.59 Å². The van der Waals surface area contributed by atoms with Crippen molar-refractivity contribution >= 4 is 21.9 Å². The average Bonchev–Trinajstić information content (AvgIpc) is 2.61. The summed E-state index contributed by atoms with van der Waals surface area (Å²) in [6, 6.07) is 5.10. The molecule has 25 heavy (non-hydrogen) atoms. The molecule has 0 aromatic heterocycles. The summed E-state index contributed by atoms with van der Waals surface area (Å²) >= 11 is 0. The Balaban J connectivity index is 1.97. The highest BCUT2D eigenvalue weighted by atomic mass is 32.2. The Morgan fingerprint density at radius 3 is 2.24 bits per heavy atom. The van der Waals surface area contributed by atoms with Crippen LogP contribution in [0.25, 0.3) is 0 Å². The van der Waals surface area contributed by atoms with Gasteiger partial charge in [-0.2, -0.15) is 4.31 Å². The Morgan fingerprint density at radius 1 is 1.04 bits per heavy atom. The number of hydrogen-bond acceptors (Lipinski definition) is 5. The number of hydrogen-bond donors (Lipinski definition) is 0. The molecule has 2 rings (SSSR count). The van der Waals surface area contributed by atoms with Gasteiger partial charge in [0.2, 0.25) is 15.9 Å². The predicted octanol–water partition coefficient (Wildman–Crippen LogP) is 1.09. The third kappa shape index (κ3) is 4.58. The molecule has 7 nitrogen and oxygen atoms in total. The van der Waals surface area contributed by atoms with Crippen LogP contribution in [0.2, 0.25) is 0 Å². The molecular weight excluding hydrogens is 344 g/mol.